The van der Waals surface area contributed by atoms with Crippen LogP contribution < -0.4 is 4.74 Å². The lowest BCUT2D eigenvalue weighted by Gasteiger charge is -2.16. The molecule has 1 heterocycles. The van der Waals surface area contributed by atoms with Gasteiger partial charge in [-0.15, -0.1) is 0 Å². The number of aromatic carboxylic acids is 1. The smallest absolute Gasteiger partial charge is 0.416 e. The summed E-state index contributed by atoms with van der Waals surface area (Å²) in [7, 11) is -3.04. The molecule has 0 saturated heterocycles. The van der Waals surface area contributed by atoms with Crippen molar-refractivity contribution in [3.63, 3.8) is 0 Å². The average molecular weight is 439 g/mol. The molecule has 0 radical (unpaired) electrons. The van der Waals surface area contributed by atoms with Gasteiger partial charge in [-0.3, -0.25) is 0 Å². The summed E-state index contributed by atoms with van der Waals surface area (Å²) in [5, 5.41) is 9.16. The molecule has 30 heavy (non-hydrogen) atoms. The zero-order valence-corrected chi connectivity index (χ0v) is 16.4. The van der Waals surface area contributed by atoms with Gasteiger partial charge in [0.05, 0.1) is 24.0 Å². The Kier molecular flexibility index (Phi) is 5.62. The molecule has 3 aromatic rings. The van der Waals surface area contributed by atoms with Crippen LogP contribution in [-0.2, 0) is 21.8 Å². The highest BCUT2D eigenvalue weighted by molar-refractivity contribution is 7.90. The molecule has 1 aromatic heterocycles. The van der Waals surface area contributed by atoms with Crippen molar-refractivity contribution in [1.29, 1.82) is 0 Å². The second kappa shape index (κ2) is 7.86. The lowest BCUT2D eigenvalue weighted by molar-refractivity contribution is -0.137. The number of alkyl halides is 3. The molecule has 1 N–H and O–H groups in total. The number of sulfone groups is 1. The fraction of sp³-hybridized carbons (Fsp3) is 0.150. The van der Waals surface area contributed by atoms with E-state index in [9.17, 15) is 26.4 Å². The topological polar surface area (TPSA) is 85.6 Å². The molecule has 0 atom stereocenters. The minimum Gasteiger partial charge on any atom is -0.495 e. The molecular weight excluding hydrogens is 423 g/mol. The molecular formula is C20H16F3NO5S. The highest BCUT2D eigenvalue weighted by Crippen LogP contribution is 2.34. The van der Waals surface area contributed by atoms with Gasteiger partial charge in [-0.05, 0) is 54.1 Å². The lowest BCUT2D eigenvalue weighted by atomic mass is 10.1. The van der Waals surface area contributed by atoms with Gasteiger partial charge < -0.3 is 14.4 Å². The summed E-state index contributed by atoms with van der Waals surface area (Å²) in [6, 6.07) is 9.44. The minimum absolute atomic E-state index is 0.0937. The van der Waals surface area contributed by atoms with E-state index in [4.69, 9.17) is 9.84 Å². The van der Waals surface area contributed by atoms with E-state index in [0.29, 0.717) is 0 Å². The number of aromatic nitrogens is 1. The summed E-state index contributed by atoms with van der Waals surface area (Å²) >= 11 is 0. The molecule has 0 amide bonds. The fourth-order valence-corrected chi connectivity index (χ4v) is 4.52. The van der Waals surface area contributed by atoms with Crippen LogP contribution in [0.2, 0.25) is 0 Å². The first-order chi connectivity index (χ1) is 14.0. The van der Waals surface area contributed by atoms with E-state index in [1.807, 2.05) is 0 Å². The number of rotatable bonds is 6. The van der Waals surface area contributed by atoms with Gasteiger partial charge in [-0.1, -0.05) is 0 Å². The maximum Gasteiger partial charge on any atom is 0.416 e. The van der Waals surface area contributed by atoms with E-state index in [0.717, 1.165) is 18.2 Å². The number of carboxylic acid groups (broad SMARTS) is 1. The summed E-state index contributed by atoms with van der Waals surface area (Å²) in [5.41, 5.74) is -1.12. The summed E-state index contributed by atoms with van der Waals surface area (Å²) in [6.45, 7) is 0. The zero-order chi connectivity index (χ0) is 22.1. The van der Waals surface area contributed by atoms with Gasteiger partial charge in [0, 0.05) is 18.1 Å². The predicted octanol–water partition coefficient (Wildman–Crippen LogP) is 4.18. The van der Waals surface area contributed by atoms with Crippen molar-refractivity contribution in [2.45, 2.75) is 16.8 Å². The average Bonchev–Trinajstić information content (AvgIpc) is 3.20. The Bertz CT molecular complexity index is 1190. The largest absolute Gasteiger partial charge is 0.495 e. The highest BCUT2D eigenvalue weighted by atomic mass is 32.2. The summed E-state index contributed by atoms with van der Waals surface area (Å²) in [6.07, 6.45) is -1.51. The Morgan fingerprint density at radius 2 is 1.77 bits per heavy atom. The predicted molar refractivity (Wildman–Crippen MR) is 102 cm³/mol. The summed E-state index contributed by atoms with van der Waals surface area (Å²) < 4.78 is 72.3. The molecule has 0 bridgehead atoms. The van der Waals surface area contributed by atoms with E-state index in [1.165, 1.54) is 29.9 Å². The Labute approximate surface area is 170 Å². The van der Waals surface area contributed by atoms with Gasteiger partial charge in [0.15, 0.2) is 9.84 Å². The third-order valence-electron chi connectivity index (χ3n) is 4.38. The first-order valence-electron chi connectivity index (χ1n) is 8.50. The third kappa shape index (κ3) is 4.33. The molecule has 10 heteroatoms. The Morgan fingerprint density at radius 3 is 2.33 bits per heavy atom. The summed E-state index contributed by atoms with van der Waals surface area (Å²) in [4.78, 5) is 10.8. The van der Waals surface area contributed by atoms with Crippen molar-refractivity contribution in [2.24, 2.45) is 0 Å². The van der Waals surface area contributed by atoms with Crippen LogP contribution in [0.4, 0.5) is 13.2 Å². The monoisotopic (exact) mass is 439 g/mol. The second-order valence-corrected chi connectivity index (χ2v) is 8.32. The first kappa shape index (κ1) is 21.4. The number of halogens is 3. The fourth-order valence-electron chi connectivity index (χ4n) is 2.96. The van der Waals surface area contributed by atoms with E-state index < -0.39 is 38.2 Å². The number of carbonyl (C=O) groups is 1. The molecule has 158 valence electrons. The van der Waals surface area contributed by atoms with Crippen molar-refractivity contribution in [3.05, 3.63) is 77.6 Å². The minimum atomic E-state index is -4.66. The van der Waals surface area contributed by atoms with Gasteiger partial charge in [0.25, 0.3) is 0 Å². The Morgan fingerprint density at radius 1 is 1.10 bits per heavy atom. The van der Waals surface area contributed by atoms with Gasteiger partial charge in [0.1, 0.15) is 10.6 Å². The number of hydrogen-bond acceptors (Lipinski definition) is 4. The van der Waals surface area contributed by atoms with Crippen LogP contribution in [0.25, 0.3) is 5.69 Å². The second-order valence-electron chi connectivity index (χ2n) is 6.36. The maximum absolute atomic E-state index is 13.2. The first-order valence-corrected chi connectivity index (χ1v) is 10.2. The molecule has 0 unspecified atom stereocenters. The van der Waals surface area contributed by atoms with Gasteiger partial charge in [-0.25, -0.2) is 13.2 Å². The van der Waals surface area contributed by atoms with Crippen molar-refractivity contribution >= 4 is 15.8 Å². The number of methoxy groups -OCH3 is 1. The van der Waals surface area contributed by atoms with E-state index in [1.54, 1.807) is 24.5 Å². The Hall–Kier alpha value is -3.27. The zero-order valence-electron chi connectivity index (χ0n) is 15.6. The molecule has 2 aromatic carbocycles. The molecule has 0 spiro atoms. The summed E-state index contributed by atoms with van der Waals surface area (Å²) in [5.74, 6) is -2.24. The molecule has 0 fully saturated rings. The lowest BCUT2D eigenvalue weighted by Crippen LogP contribution is -2.13. The molecule has 6 nitrogen and oxygen atoms in total. The van der Waals surface area contributed by atoms with Gasteiger partial charge in [0.2, 0.25) is 0 Å². The molecule has 0 aliphatic carbocycles. The maximum atomic E-state index is 13.2. The van der Waals surface area contributed by atoms with Crippen molar-refractivity contribution in [1.82, 2.24) is 4.57 Å². The normalized spacial score (nSPS) is 12.0. The molecule has 0 saturated carbocycles. The van der Waals surface area contributed by atoms with Crippen LogP contribution in [0.15, 0.2) is 65.8 Å². The van der Waals surface area contributed by atoms with Gasteiger partial charge in [-0.2, -0.15) is 13.2 Å². The number of nitrogens with zero attached hydrogens (tertiary/aromatic N) is 1. The standard InChI is InChI=1S/C20H16F3NO5S/c1-29-17-7-4-13(19(25)26)11-18(17)30(27,28)12-14-10-15(20(21,22)23)5-6-16(14)24-8-2-3-9-24/h2-11H,12H2,1H3,(H,25,26). The quantitative estimate of drug-likeness (QED) is 0.623. The van der Waals surface area contributed by atoms with Crippen LogP contribution in [-0.4, -0.2) is 31.2 Å². The van der Waals surface area contributed by atoms with E-state index >= 15 is 0 Å². The molecule has 0 aliphatic rings. The Balaban J connectivity index is 2.15. The van der Waals surface area contributed by atoms with Crippen molar-refractivity contribution < 1.29 is 36.2 Å². The van der Waals surface area contributed by atoms with Crippen LogP contribution in [0.3, 0.4) is 0 Å². The highest BCUT2D eigenvalue weighted by Gasteiger charge is 2.32. The van der Waals surface area contributed by atoms with Crippen LogP contribution >= 0.6 is 0 Å². The number of carboxylic acids is 1. The van der Waals surface area contributed by atoms with Crippen LogP contribution in [0, 0.1) is 0 Å². The van der Waals surface area contributed by atoms with E-state index in [2.05, 4.69) is 0 Å². The third-order valence-corrected chi connectivity index (χ3v) is 6.06. The SMILES string of the molecule is COc1ccc(C(=O)O)cc1S(=O)(=O)Cc1cc(C(F)(F)F)ccc1-n1cccc1. The number of benzene rings is 2. The van der Waals surface area contributed by atoms with Crippen molar-refractivity contribution in [3.8, 4) is 11.4 Å². The number of ether oxygens (including phenoxy) is 1. The number of hydrogen-bond donors (Lipinski definition) is 1. The molecule has 3 rings (SSSR count). The van der Waals surface area contributed by atoms with E-state index in [-0.39, 0.29) is 22.6 Å². The van der Waals surface area contributed by atoms with Crippen molar-refractivity contribution in [2.75, 3.05) is 7.11 Å². The van der Waals surface area contributed by atoms with Crippen LogP contribution in [0.1, 0.15) is 21.5 Å². The van der Waals surface area contributed by atoms with Crippen LogP contribution in [0.5, 0.6) is 5.75 Å². The molecule has 0 aliphatic heterocycles. The van der Waals surface area contributed by atoms with Gasteiger partial charge >= 0.3 is 12.1 Å².